The molecule has 3 heterocycles. The number of pyridine rings is 1. The highest BCUT2D eigenvalue weighted by atomic mass is 16.5. The Morgan fingerprint density at radius 1 is 1.16 bits per heavy atom. The number of hydrogen-bond acceptors (Lipinski definition) is 5. The van der Waals surface area contributed by atoms with Crippen molar-refractivity contribution < 1.29 is 9.53 Å². The molecule has 0 atom stereocenters. The minimum absolute atomic E-state index is 0.105. The molecule has 2 N–H and O–H groups in total. The number of piperidine rings is 1. The number of rotatable bonds is 8. The molecular formula is C25H31N5O2. The third-order valence-electron chi connectivity index (χ3n) is 6.01. The van der Waals surface area contributed by atoms with Gasteiger partial charge < -0.3 is 10.1 Å². The van der Waals surface area contributed by atoms with E-state index >= 15 is 0 Å². The number of aryl methyl sites for hydroxylation is 2. The minimum atomic E-state index is -0.105. The average Bonchev–Trinajstić information content (AvgIpc) is 3.13. The summed E-state index contributed by atoms with van der Waals surface area (Å²) in [5.74, 6) is 0.552. The van der Waals surface area contributed by atoms with Crippen molar-refractivity contribution in [1.82, 2.24) is 25.4 Å². The molecule has 3 aromatic rings. The Balaban J connectivity index is 1.29. The molecule has 2 aromatic heterocycles. The second-order valence-electron chi connectivity index (χ2n) is 8.33. The molecule has 0 saturated carbocycles. The predicted octanol–water partition coefficient (Wildman–Crippen LogP) is 3.44. The summed E-state index contributed by atoms with van der Waals surface area (Å²) in [6, 6.07) is 13.5. The maximum absolute atomic E-state index is 12.8. The predicted molar refractivity (Wildman–Crippen MR) is 124 cm³/mol. The van der Waals surface area contributed by atoms with E-state index in [9.17, 15) is 4.79 Å². The first kappa shape index (κ1) is 22.0. The van der Waals surface area contributed by atoms with E-state index in [2.05, 4.69) is 31.5 Å². The molecule has 0 spiro atoms. The topological polar surface area (TPSA) is 83.1 Å². The third-order valence-corrected chi connectivity index (χ3v) is 6.01. The number of aromatic nitrogens is 3. The van der Waals surface area contributed by atoms with E-state index in [1.807, 2.05) is 56.4 Å². The van der Waals surface area contributed by atoms with Crippen LogP contribution in [-0.2, 0) is 13.0 Å². The molecule has 0 aliphatic carbocycles. The van der Waals surface area contributed by atoms with Crippen molar-refractivity contribution in [2.24, 2.45) is 0 Å². The number of benzene rings is 1. The zero-order valence-electron chi connectivity index (χ0n) is 18.8. The van der Waals surface area contributed by atoms with E-state index in [4.69, 9.17) is 4.74 Å². The van der Waals surface area contributed by atoms with Gasteiger partial charge >= 0.3 is 0 Å². The van der Waals surface area contributed by atoms with Crippen LogP contribution < -0.4 is 10.1 Å². The van der Waals surface area contributed by atoms with Crippen LogP contribution in [0.5, 0.6) is 5.75 Å². The normalized spacial score (nSPS) is 14.9. The maximum atomic E-state index is 12.8. The third kappa shape index (κ3) is 5.53. The summed E-state index contributed by atoms with van der Waals surface area (Å²) in [7, 11) is 0. The molecule has 1 fully saturated rings. The Bertz CT molecular complexity index is 1010. The number of aromatic amines is 1. The number of carbonyl (C=O) groups is 1. The highest BCUT2D eigenvalue weighted by Gasteiger charge is 2.22. The van der Waals surface area contributed by atoms with E-state index in [-0.39, 0.29) is 12.0 Å². The van der Waals surface area contributed by atoms with Crippen LogP contribution in [0.4, 0.5) is 0 Å². The molecule has 1 aliphatic heterocycles. The molecule has 0 unspecified atom stereocenters. The van der Waals surface area contributed by atoms with Gasteiger partial charge in [0.1, 0.15) is 11.9 Å². The number of amides is 1. The molecule has 1 saturated heterocycles. The van der Waals surface area contributed by atoms with Gasteiger partial charge in [0.25, 0.3) is 5.91 Å². The molecule has 7 heteroatoms. The zero-order valence-corrected chi connectivity index (χ0v) is 18.8. The summed E-state index contributed by atoms with van der Waals surface area (Å²) in [5.41, 5.74) is 4.87. The second kappa shape index (κ2) is 10.4. The van der Waals surface area contributed by atoms with E-state index in [0.717, 1.165) is 61.5 Å². The fraction of sp³-hybridized carbons (Fsp3) is 0.400. The van der Waals surface area contributed by atoms with E-state index < -0.39 is 0 Å². The van der Waals surface area contributed by atoms with Gasteiger partial charge in [-0.1, -0.05) is 18.2 Å². The number of H-pyrrole nitrogens is 1. The Labute approximate surface area is 189 Å². The van der Waals surface area contributed by atoms with Crippen molar-refractivity contribution in [3.63, 3.8) is 0 Å². The van der Waals surface area contributed by atoms with Gasteiger partial charge in [-0.05, 0) is 62.9 Å². The van der Waals surface area contributed by atoms with E-state index in [1.54, 1.807) is 0 Å². The van der Waals surface area contributed by atoms with Gasteiger partial charge in [-0.2, -0.15) is 5.10 Å². The molecule has 1 aromatic carbocycles. The molecular weight excluding hydrogens is 402 g/mol. The molecule has 7 nitrogen and oxygen atoms in total. The molecule has 32 heavy (non-hydrogen) atoms. The van der Waals surface area contributed by atoms with Gasteiger partial charge in [-0.15, -0.1) is 0 Å². The number of carbonyl (C=O) groups excluding carboxylic acids is 1. The van der Waals surface area contributed by atoms with E-state index in [0.29, 0.717) is 17.9 Å². The van der Waals surface area contributed by atoms with Gasteiger partial charge in [-0.25, -0.2) is 0 Å². The quantitative estimate of drug-likeness (QED) is 0.569. The number of para-hydroxylation sites is 1. The lowest BCUT2D eigenvalue weighted by Gasteiger charge is -2.32. The number of likely N-dealkylation sites (tertiary alicyclic amines) is 1. The van der Waals surface area contributed by atoms with E-state index in [1.165, 1.54) is 0 Å². The molecule has 1 aliphatic rings. The van der Waals surface area contributed by atoms with Gasteiger partial charge in [0.15, 0.2) is 0 Å². The summed E-state index contributed by atoms with van der Waals surface area (Å²) in [6.07, 6.45) is 4.56. The van der Waals surface area contributed by atoms with Crippen molar-refractivity contribution in [1.29, 1.82) is 0 Å². The second-order valence-corrected chi connectivity index (χ2v) is 8.33. The smallest absolute Gasteiger partial charge is 0.255 e. The van der Waals surface area contributed by atoms with Crippen LogP contribution in [-0.4, -0.2) is 51.7 Å². The molecule has 0 bridgehead atoms. The van der Waals surface area contributed by atoms with Crippen LogP contribution in [0.15, 0.2) is 48.7 Å². The molecule has 1 amide bonds. The zero-order chi connectivity index (χ0) is 22.3. The van der Waals surface area contributed by atoms with Crippen LogP contribution in [0.3, 0.4) is 0 Å². The highest BCUT2D eigenvalue weighted by molar-refractivity contribution is 5.96. The van der Waals surface area contributed by atoms with Crippen LogP contribution in [0.25, 0.3) is 0 Å². The van der Waals surface area contributed by atoms with Crippen molar-refractivity contribution in [2.45, 2.75) is 45.8 Å². The fourth-order valence-corrected chi connectivity index (χ4v) is 4.18. The van der Waals surface area contributed by atoms with Gasteiger partial charge in [0.05, 0.1) is 17.0 Å². The SMILES string of the molecule is Cc1n[nH]c(C)c1CCNC(=O)c1ccccc1OC1CCN(Cc2ccccn2)CC1. The summed E-state index contributed by atoms with van der Waals surface area (Å²) in [5, 5.41) is 10.2. The van der Waals surface area contributed by atoms with Crippen molar-refractivity contribution in [3.8, 4) is 5.75 Å². The lowest BCUT2D eigenvalue weighted by Crippen LogP contribution is -2.38. The molecule has 168 valence electrons. The Morgan fingerprint density at radius 2 is 1.94 bits per heavy atom. The lowest BCUT2D eigenvalue weighted by atomic mass is 10.1. The summed E-state index contributed by atoms with van der Waals surface area (Å²) in [6.45, 7) is 7.31. The maximum Gasteiger partial charge on any atom is 0.255 e. The van der Waals surface area contributed by atoms with Crippen molar-refractivity contribution >= 4 is 5.91 Å². The van der Waals surface area contributed by atoms with Crippen molar-refractivity contribution in [2.75, 3.05) is 19.6 Å². The van der Waals surface area contributed by atoms with Crippen LogP contribution in [0, 0.1) is 13.8 Å². The standard InChI is InChI=1S/C25H31N5O2/c1-18-22(19(2)29-28-18)10-14-27-25(31)23-8-3-4-9-24(23)32-21-11-15-30(16-12-21)17-20-7-5-6-13-26-20/h3-9,13,21H,10-12,14-17H2,1-2H3,(H,27,31)(H,28,29). The van der Waals surface area contributed by atoms with Gasteiger partial charge in [0.2, 0.25) is 0 Å². The first-order valence-corrected chi connectivity index (χ1v) is 11.3. The first-order valence-electron chi connectivity index (χ1n) is 11.3. The average molecular weight is 434 g/mol. The Hall–Kier alpha value is -3.19. The monoisotopic (exact) mass is 433 g/mol. The summed E-state index contributed by atoms with van der Waals surface area (Å²) in [4.78, 5) is 19.7. The van der Waals surface area contributed by atoms with Gasteiger partial charge in [-0.3, -0.25) is 19.8 Å². The molecule has 4 rings (SSSR count). The number of nitrogens with one attached hydrogen (secondary N) is 2. The van der Waals surface area contributed by atoms with Gasteiger partial charge in [0, 0.05) is 38.1 Å². The molecule has 0 radical (unpaired) electrons. The van der Waals surface area contributed by atoms with Crippen LogP contribution in [0.2, 0.25) is 0 Å². The van der Waals surface area contributed by atoms with Crippen LogP contribution >= 0.6 is 0 Å². The number of nitrogens with zero attached hydrogens (tertiary/aromatic N) is 3. The number of hydrogen-bond donors (Lipinski definition) is 2. The summed E-state index contributed by atoms with van der Waals surface area (Å²) >= 11 is 0. The first-order chi connectivity index (χ1) is 15.6. The Kier molecular flexibility index (Phi) is 7.17. The lowest BCUT2D eigenvalue weighted by molar-refractivity contribution is 0.0889. The minimum Gasteiger partial charge on any atom is -0.489 e. The fourth-order valence-electron chi connectivity index (χ4n) is 4.18. The summed E-state index contributed by atoms with van der Waals surface area (Å²) < 4.78 is 6.28. The van der Waals surface area contributed by atoms with Crippen LogP contribution in [0.1, 0.15) is 45.8 Å². The highest BCUT2D eigenvalue weighted by Crippen LogP contribution is 2.24. The Morgan fingerprint density at radius 3 is 2.66 bits per heavy atom. The largest absolute Gasteiger partial charge is 0.489 e. The van der Waals surface area contributed by atoms with Crippen molar-refractivity contribution in [3.05, 3.63) is 76.9 Å². The number of ether oxygens (including phenoxy) is 1.